The fourth-order valence-electron chi connectivity index (χ4n) is 2.48. The molecule has 2 aromatic rings. The van der Waals surface area contributed by atoms with E-state index in [0.29, 0.717) is 18.1 Å². The van der Waals surface area contributed by atoms with E-state index < -0.39 is 22.9 Å². The number of rotatable bonds is 9. The zero-order valence-corrected chi connectivity index (χ0v) is 17.0. The van der Waals surface area contributed by atoms with E-state index in [4.69, 9.17) is 18.9 Å². The summed E-state index contributed by atoms with van der Waals surface area (Å²) in [6, 6.07) is 8.27. The Morgan fingerprint density at radius 3 is 2.37 bits per heavy atom. The molecule has 0 spiro atoms. The molecule has 10 nitrogen and oxygen atoms in total. The number of nitrogens with zero attached hydrogens (tertiary/aromatic N) is 1. The summed E-state index contributed by atoms with van der Waals surface area (Å²) < 4.78 is 20.9. The van der Waals surface area contributed by atoms with Gasteiger partial charge in [-0.3, -0.25) is 14.9 Å². The topological polar surface area (TPSA) is 126 Å². The highest BCUT2D eigenvalue weighted by Gasteiger charge is 2.22. The number of nitrogens with one attached hydrogen (secondary N) is 1. The highest BCUT2D eigenvalue weighted by molar-refractivity contribution is 5.98. The van der Waals surface area contributed by atoms with Gasteiger partial charge in [0.05, 0.1) is 43.1 Å². The maximum absolute atomic E-state index is 12.4. The van der Waals surface area contributed by atoms with Crippen LogP contribution in [0.3, 0.4) is 0 Å². The largest absolute Gasteiger partial charge is 0.494 e. The average molecular weight is 418 g/mol. The van der Waals surface area contributed by atoms with E-state index >= 15 is 0 Å². The number of nitro groups is 1. The Kier molecular flexibility index (Phi) is 7.56. The number of esters is 1. The Bertz CT molecular complexity index is 944. The van der Waals surface area contributed by atoms with Crippen molar-refractivity contribution in [2.24, 2.45) is 0 Å². The first-order valence-corrected chi connectivity index (χ1v) is 8.95. The molecule has 10 heteroatoms. The quantitative estimate of drug-likeness (QED) is 0.374. The molecule has 2 rings (SSSR count). The first-order valence-electron chi connectivity index (χ1n) is 8.95. The van der Waals surface area contributed by atoms with Crippen LogP contribution in [0.4, 0.5) is 11.4 Å². The summed E-state index contributed by atoms with van der Waals surface area (Å²) in [5.41, 5.74) is 0.204. The summed E-state index contributed by atoms with van der Waals surface area (Å²) in [7, 11) is 2.76. The van der Waals surface area contributed by atoms with Crippen molar-refractivity contribution < 1.29 is 33.5 Å². The fourth-order valence-corrected chi connectivity index (χ4v) is 2.48. The van der Waals surface area contributed by atoms with E-state index in [1.165, 1.54) is 51.5 Å². The van der Waals surface area contributed by atoms with E-state index in [0.717, 1.165) is 0 Å². The van der Waals surface area contributed by atoms with Crippen molar-refractivity contribution in [3.63, 3.8) is 0 Å². The Hall–Kier alpha value is -3.82. The van der Waals surface area contributed by atoms with Gasteiger partial charge in [-0.15, -0.1) is 0 Å². The number of amides is 1. The van der Waals surface area contributed by atoms with Gasteiger partial charge in [0.25, 0.3) is 11.6 Å². The van der Waals surface area contributed by atoms with Gasteiger partial charge < -0.3 is 24.3 Å². The molecule has 0 unspecified atom stereocenters. The van der Waals surface area contributed by atoms with E-state index in [-0.39, 0.29) is 22.7 Å². The van der Waals surface area contributed by atoms with Crippen molar-refractivity contribution in [3.05, 3.63) is 52.1 Å². The number of nitro benzene ring substituents is 1. The standard InChI is InChI=1S/C20H22N2O8/c1-5-29-16-9-6-13(10-18(16)28-4)20(24)30-12(2)19(23)21-15-8-7-14(22(25)26)11-17(15)27-3/h6-12H,5H2,1-4H3,(H,21,23)/t12-/m1/s1. The van der Waals surface area contributed by atoms with E-state index in [2.05, 4.69) is 5.32 Å². The summed E-state index contributed by atoms with van der Waals surface area (Å²) >= 11 is 0. The molecule has 0 aliphatic rings. The van der Waals surface area contributed by atoms with Gasteiger partial charge in [0.1, 0.15) is 5.75 Å². The maximum Gasteiger partial charge on any atom is 0.339 e. The molecule has 0 aliphatic carbocycles. The summed E-state index contributed by atoms with van der Waals surface area (Å²) in [5, 5.41) is 13.4. The zero-order chi connectivity index (χ0) is 22.3. The molecular formula is C20H22N2O8. The molecule has 0 bridgehead atoms. The number of hydrogen-bond acceptors (Lipinski definition) is 8. The van der Waals surface area contributed by atoms with Gasteiger partial charge in [0, 0.05) is 6.07 Å². The summed E-state index contributed by atoms with van der Waals surface area (Å²) in [5.74, 6) is -0.415. The minimum atomic E-state index is -1.14. The van der Waals surface area contributed by atoms with Crippen LogP contribution in [-0.4, -0.2) is 43.7 Å². The maximum atomic E-state index is 12.4. The number of ether oxygens (including phenoxy) is 4. The minimum Gasteiger partial charge on any atom is -0.494 e. The molecule has 0 aromatic heterocycles. The summed E-state index contributed by atoms with van der Waals surface area (Å²) in [6.45, 7) is 3.65. The molecule has 1 amide bonds. The van der Waals surface area contributed by atoms with Crippen LogP contribution in [0.25, 0.3) is 0 Å². The van der Waals surface area contributed by atoms with Crippen LogP contribution in [0, 0.1) is 10.1 Å². The van der Waals surface area contributed by atoms with Gasteiger partial charge in [-0.1, -0.05) is 0 Å². The molecule has 160 valence electrons. The van der Waals surface area contributed by atoms with Crippen LogP contribution in [0.2, 0.25) is 0 Å². The van der Waals surface area contributed by atoms with Crippen molar-refractivity contribution in [3.8, 4) is 17.2 Å². The highest BCUT2D eigenvalue weighted by Crippen LogP contribution is 2.30. The van der Waals surface area contributed by atoms with Gasteiger partial charge in [0.15, 0.2) is 17.6 Å². The van der Waals surface area contributed by atoms with Crippen molar-refractivity contribution in [1.82, 2.24) is 0 Å². The Labute approximate surface area is 172 Å². The molecule has 0 heterocycles. The number of anilines is 1. The third kappa shape index (κ3) is 5.37. The van der Waals surface area contributed by atoms with Crippen LogP contribution in [0.15, 0.2) is 36.4 Å². The second-order valence-corrected chi connectivity index (χ2v) is 5.98. The first kappa shape index (κ1) is 22.5. The van der Waals surface area contributed by atoms with Crippen LogP contribution >= 0.6 is 0 Å². The van der Waals surface area contributed by atoms with Crippen molar-refractivity contribution in [2.75, 3.05) is 26.1 Å². The Balaban J connectivity index is 2.09. The second-order valence-electron chi connectivity index (χ2n) is 5.98. The van der Waals surface area contributed by atoms with Gasteiger partial charge in [0.2, 0.25) is 0 Å². The predicted octanol–water partition coefficient (Wildman–Crippen LogP) is 3.19. The second kappa shape index (κ2) is 10.1. The summed E-state index contributed by atoms with van der Waals surface area (Å²) in [6.07, 6.45) is -1.14. The average Bonchev–Trinajstić information content (AvgIpc) is 2.74. The lowest BCUT2D eigenvalue weighted by Crippen LogP contribution is -2.30. The number of carbonyl (C=O) groups excluding carboxylic acids is 2. The Morgan fingerprint density at radius 1 is 1.07 bits per heavy atom. The fraction of sp³-hybridized carbons (Fsp3) is 0.300. The first-order chi connectivity index (χ1) is 14.3. The van der Waals surface area contributed by atoms with E-state index in [1.807, 2.05) is 6.92 Å². The van der Waals surface area contributed by atoms with E-state index in [1.54, 1.807) is 6.07 Å². The Morgan fingerprint density at radius 2 is 1.77 bits per heavy atom. The number of hydrogen-bond donors (Lipinski definition) is 1. The number of non-ortho nitro benzene ring substituents is 1. The van der Waals surface area contributed by atoms with Crippen molar-refractivity contribution in [1.29, 1.82) is 0 Å². The van der Waals surface area contributed by atoms with Crippen LogP contribution in [-0.2, 0) is 9.53 Å². The van der Waals surface area contributed by atoms with Crippen LogP contribution in [0.1, 0.15) is 24.2 Å². The third-order valence-electron chi connectivity index (χ3n) is 4.01. The molecule has 1 atom stereocenters. The minimum absolute atomic E-state index is 0.104. The lowest BCUT2D eigenvalue weighted by molar-refractivity contribution is -0.384. The normalized spacial score (nSPS) is 11.2. The van der Waals surface area contributed by atoms with Gasteiger partial charge in [-0.05, 0) is 38.1 Å². The zero-order valence-electron chi connectivity index (χ0n) is 17.0. The molecule has 0 aliphatic heterocycles. The lowest BCUT2D eigenvalue weighted by Gasteiger charge is -2.16. The highest BCUT2D eigenvalue weighted by atomic mass is 16.6. The lowest BCUT2D eigenvalue weighted by atomic mass is 10.2. The predicted molar refractivity (Wildman–Crippen MR) is 107 cm³/mol. The smallest absolute Gasteiger partial charge is 0.339 e. The number of benzene rings is 2. The number of carbonyl (C=O) groups is 2. The molecular weight excluding hydrogens is 396 g/mol. The van der Waals surface area contributed by atoms with Gasteiger partial charge >= 0.3 is 5.97 Å². The van der Waals surface area contributed by atoms with Gasteiger partial charge in [-0.25, -0.2) is 4.79 Å². The van der Waals surface area contributed by atoms with E-state index in [9.17, 15) is 19.7 Å². The van der Waals surface area contributed by atoms with Crippen LogP contribution < -0.4 is 19.5 Å². The molecule has 2 aromatic carbocycles. The summed E-state index contributed by atoms with van der Waals surface area (Å²) in [4.78, 5) is 35.1. The molecule has 0 saturated carbocycles. The molecule has 0 fully saturated rings. The molecule has 30 heavy (non-hydrogen) atoms. The van der Waals surface area contributed by atoms with Gasteiger partial charge in [-0.2, -0.15) is 0 Å². The third-order valence-corrected chi connectivity index (χ3v) is 4.01. The molecule has 0 saturated heterocycles. The van der Waals surface area contributed by atoms with Crippen molar-refractivity contribution >= 4 is 23.3 Å². The molecule has 1 N–H and O–H groups in total. The SMILES string of the molecule is CCOc1ccc(C(=O)O[C@H](C)C(=O)Nc2ccc([N+](=O)[O-])cc2OC)cc1OC. The number of methoxy groups -OCH3 is 2. The monoisotopic (exact) mass is 418 g/mol. The van der Waals surface area contributed by atoms with Crippen molar-refractivity contribution in [2.45, 2.75) is 20.0 Å². The van der Waals surface area contributed by atoms with Crippen LogP contribution in [0.5, 0.6) is 17.2 Å². The molecule has 0 radical (unpaired) electrons.